The molecule has 0 aromatic carbocycles. The van der Waals surface area contributed by atoms with Crippen LogP contribution in [-0.2, 0) is 24.9 Å². The van der Waals surface area contributed by atoms with Gasteiger partial charge in [0.05, 0.1) is 31.0 Å². The molecule has 0 aliphatic carbocycles. The predicted molar refractivity (Wildman–Crippen MR) is 130 cm³/mol. The summed E-state index contributed by atoms with van der Waals surface area (Å²) in [4.78, 5) is 19.2. The van der Waals surface area contributed by atoms with Gasteiger partial charge < -0.3 is 38.3 Å². The summed E-state index contributed by atoms with van der Waals surface area (Å²) < 4.78 is 24.2. The lowest BCUT2D eigenvalue weighted by Crippen LogP contribution is -2.32. The molecular weight excluding hydrogens is 461 g/mol. The van der Waals surface area contributed by atoms with Gasteiger partial charge in [-0.25, -0.2) is 4.98 Å². The van der Waals surface area contributed by atoms with E-state index in [1.165, 1.54) is 6.33 Å². The summed E-state index contributed by atoms with van der Waals surface area (Å²) in [5.41, 5.74) is 0.154. The number of fused-ring (bicyclic) bond motifs is 1. The van der Waals surface area contributed by atoms with Crippen molar-refractivity contribution in [2.75, 3.05) is 26.0 Å². The molecule has 0 bridgehead atoms. The zero-order chi connectivity index (χ0) is 24.7. The highest BCUT2D eigenvalue weighted by atomic mass is 31.2. The molecule has 5 atom stereocenters. The molecule has 4 heterocycles. The SMILES string of the molecule is CCCOC(C)O.CCc1cn(C2OC(COP3CCCCO3)C[C@]2(C)O)c2nc[nH]c(=O)c12. The van der Waals surface area contributed by atoms with E-state index in [0.29, 0.717) is 37.1 Å². The number of hydrogen-bond acceptors (Lipinski definition) is 8. The second-order valence-corrected chi connectivity index (χ2v) is 10.5. The largest absolute Gasteiger partial charge is 0.385 e. The fourth-order valence-electron chi connectivity index (χ4n) is 4.15. The number of nitrogens with zero attached hydrogens (tertiary/aromatic N) is 2. The lowest BCUT2D eigenvalue weighted by Gasteiger charge is -2.25. The van der Waals surface area contributed by atoms with Crippen LogP contribution in [0.25, 0.3) is 11.0 Å². The first-order chi connectivity index (χ1) is 16.3. The second-order valence-electron chi connectivity index (χ2n) is 8.88. The van der Waals surface area contributed by atoms with Crippen LogP contribution >= 0.6 is 8.38 Å². The molecule has 3 N–H and O–H groups in total. The normalized spacial score (nSPS) is 28.0. The first-order valence-corrected chi connectivity index (χ1v) is 13.4. The summed E-state index contributed by atoms with van der Waals surface area (Å²) >= 11 is 0. The number of hydrogen-bond donors (Lipinski definition) is 3. The molecular formula is C23H38N3O7P. The average molecular weight is 500 g/mol. The summed E-state index contributed by atoms with van der Waals surface area (Å²) in [6, 6.07) is 0. The summed E-state index contributed by atoms with van der Waals surface area (Å²) in [5.74, 6) is 0. The van der Waals surface area contributed by atoms with E-state index in [1.807, 2.05) is 20.0 Å². The number of nitrogens with one attached hydrogen (secondary N) is 1. The molecule has 0 radical (unpaired) electrons. The van der Waals surface area contributed by atoms with E-state index < -0.39 is 26.5 Å². The Labute approximate surface area is 201 Å². The maximum absolute atomic E-state index is 12.2. The van der Waals surface area contributed by atoms with Crippen LogP contribution in [0, 0.1) is 0 Å². The summed E-state index contributed by atoms with van der Waals surface area (Å²) in [6.45, 7) is 9.15. The first kappa shape index (κ1) is 27.2. The monoisotopic (exact) mass is 499 g/mol. The van der Waals surface area contributed by atoms with E-state index in [1.54, 1.807) is 18.4 Å². The molecule has 2 aliphatic rings. The van der Waals surface area contributed by atoms with Gasteiger partial charge in [-0.2, -0.15) is 0 Å². The van der Waals surface area contributed by atoms with E-state index in [-0.39, 0.29) is 11.7 Å². The molecule has 10 nitrogen and oxygen atoms in total. The van der Waals surface area contributed by atoms with Crippen LogP contribution in [0.3, 0.4) is 0 Å². The zero-order valence-electron chi connectivity index (χ0n) is 20.5. The molecule has 2 aromatic rings. The molecule has 192 valence electrons. The van der Waals surface area contributed by atoms with Crippen molar-refractivity contribution in [2.45, 2.75) is 84.0 Å². The molecule has 34 heavy (non-hydrogen) atoms. The predicted octanol–water partition coefficient (Wildman–Crippen LogP) is 3.22. The fourth-order valence-corrected chi connectivity index (χ4v) is 5.63. The van der Waals surface area contributed by atoms with E-state index in [9.17, 15) is 9.90 Å². The molecule has 2 aromatic heterocycles. The Morgan fingerprint density at radius 3 is 2.82 bits per heavy atom. The Balaban J connectivity index is 0.000000406. The highest BCUT2D eigenvalue weighted by molar-refractivity contribution is 7.47. The smallest absolute Gasteiger partial charge is 0.260 e. The molecule has 0 spiro atoms. The molecule has 4 rings (SSSR count). The van der Waals surface area contributed by atoms with Crippen LogP contribution in [0.4, 0.5) is 0 Å². The number of aliphatic hydroxyl groups is 2. The van der Waals surface area contributed by atoms with Gasteiger partial charge >= 0.3 is 0 Å². The lowest BCUT2D eigenvalue weighted by molar-refractivity contribution is -0.0846. The highest BCUT2D eigenvalue weighted by Crippen LogP contribution is 2.45. The molecule has 4 unspecified atom stereocenters. The van der Waals surface area contributed by atoms with Crippen molar-refractivity contribution in [3.63, 3.8) is 0 Å². The maximum Gasteiger partial charge on any atom is 0.260 e. The minimum atomic E-state index is -1.09. The molecule has 2 fully saturated rings. The molecule has 2 aliphatic heterocycles. The standard InChI is InChI=1S/C18H26N3O5P.C5H12O2/c1-3-12-9-21(15-14(12)16(22)20-11-19-15)17-18(2,23)8-13(26-17)10-25-27-7-5-4-6-24-27;1-3-4-7-5(2)6/h9,11,13,17,23H,3-8,10H2,1-2H3,(H,19,20,22);5-6H,3-4H2,1-2H3/t13?,17?,18-,27?;/m0./s1. The third kappa shape index (κ3) is 6.85. The Kier molecular flexibility index (Phi) is 10.0. The van der Waals surface area contributed by atoms with Crippen LogP contribution in [-0.4, -0.2) is 68.7 Å². The zero-order valence-corrected chi connectivity index (χ0v) is 21.4. The van der Waals surface area contributed by atoms with Crippen molar-refractivity contribution in [1.82, 2.24) is 14.5 Å². The summed E-state index contributed by atoms with van der Waals surface area (Å²) in [6.07, 6.45) is 7.08. The third-order valence-corrected chi connectivity index (χ3v) is 7.35. The van der Waals surface area contributed by atoms with Crippen LogP contribution in [0.1, 0.15) is 65.2 Å². The number of aromatic amines is 1. The van der Waals surface area contributed by atoms with Crippen molar-refractivity contribution in [3.8, 4) is 0 Å². The molecule has 2 saturated heterocycles. The summed E-state index contributed by atoms with van der Waals surface area (Å²) in [5, 5.41) is 20.0. The minimum Gasteiger partial charge on any atom is -0.385 e. The Hall–Kier alpha value is -1.39. The van der Waals surface area contributed by atoms with E-state index in [2.05, 4.69) is 9.97 Å². The fraction of sp³-hybridized carbons (Fsp3) is 0.739. The van der Waals surface area contributed by atoms with Gasteiger partial charge in [0, 0.05) is 25.4 Å². The van der Waals surface area contributed by atoms with Gasteiger partial charge in [0.2, 0.25) is 0 Å². The van der Waals surface area contributed by atoms with Gasteiger partial charge in [0.1, 0.15) is 11.2 Å². The Morgan fingerprint density at radius 1 is 1.41 bits per heavy atom. The minimum absolute atomic E-state index is 0.176. The Bertz CT molecular complexity index is 956. The number of aromatic nitrogens is 3. The van der Waals surface area contributed by atoms with Crippen molar-refractivity contribution < 1.29 is 28.7 Å². The average Bonchev–Trinajstić information content (AvgIpc) is 3.34. The van der Waals surface area contributed by atoms with Crippen molar-refractivity contribution in [3.05, 3.63) is 28.4 Å². The van der Waals surface area contributed by atoms with Gasteiger partial charge in [-0.3, -0.25) is 4.79 Å². The van der Waals surface area contributed by atoms with Crippen molar-refractivity contribution >= 4 is 19.4 Å². The van der Waals surface area contributed by atoms with E-state index in [0.717, 1.165) is 37.6 Å². The van der Waals surface area contributed by atoms with Crippen LogP contribution in [0.2, 0.25) is 0 Å². The quantitative estimate of drug-likeness (QED) is 0.373. The number of H-pyrrole nitrogens is 1. The van der Waals surface area contributed by atoms with Gasteiger partial charge in [0.15, 0.2) is 20.9 Å². The topological polar surface area (TPSA) is 128 Å². The molecule has 0 amide bonds. The van der Waals surface area contributed by atoms with E-state index >= 15 is 0 Å². The van der Waals surface area contributed by atoms with Crippen molar-refractivity contribution in [2.24, 2.45) is 0 Å². The third-order valence-electron chi connectivity index (χ3n) is 5.76. The van der Waals surface area contributed by atoms with Gasteiger partial charge in [-0.15, -0.1) is 0 Å². The first-order valence-electron chi connectivity index (χ1n) is 12.0. The highest BCUT2D eigenvalue weighted by Gasteiger charge is 2.46. The van der Waals surface area contributed by atoms with E-state index in [4.69, 9.17) is 23.6 Å². The van der Waals surface area contributed by atoms with Crippen molar-refractivity contribution in [1.29, 1.82) is 0 Å². The molecule has 0 saturated carbocycles. The Morgan fingerprint density at radius 2 is 2.21 bits per heavy atom. The van der Waals surface area contributed by atoms with Crippen LogP contribution in [0.15, 0.2) is 17.3 Å². The number of aliphatic hydroxyl groups excluding tert-OH is 1. The van der Waals surface area contributed by atoms with Crippen LogP contribution < -0.4 is 5.56 Å². The number of rotatable bonds is 8. The maximum atomic E-state index is 12.2. The lowest BCUT2D eigenvalue weighted by atomic mass is 10.0. The molecule has 11 heteroatoms. The second kappa shape index (κ2) is 12.5. The number of ether oxygens (including phenoxy) is 2. The van der Waals surface area contributed by atoms with Gasteiger partial charge in [-0.1, -0.05) is 13.8 Å². The van der Waals surface area contributed by atoms with Crippen LogP contribution in [0.5, 0.6) is 0 Å². The summed E-state index contributed by atoms with van der Waals surface area (Å²) in [7, 11) is -0.845. The van der Waals surface area contributed by atoms with Gasteiger partial charge in [-0.05, 0) is 45.1 Å². The number of aryl methyl sites for hydroxylation is 1. The van der Waals surface area contributed by atoms with Gasteiger partial charge in [0.25, 0.3) is 5.56 Å².